The number of amides is 1. The molecule has 1 amide bonds. The fraction of sp³-hybridized carbons (Fsp3) is 0.714. The Bertz CT molecular complexity index is 472. The smallest absolute Gasteiger partial charge is 0.272 e. The number of carbonyl (C=O) groups is 1. The number of aryl methyl sites for hydroxylation is 1. The van der Waals surface area contributed by atoms with E-state index in [2.05, 4.69) is 25.9 Å². The summed E-state index contributed by atoms with van der Waals surface area (Å²) in [5.74, 6) is 0.836. The van der Waals surface area contributed by atoms with Crippen molar-refractivity contribution in [1.29, 1.82) is 0 Å². The van der Waals surface area contributed by atoms with Gasteiger partial charge >= 0.3 is 0 Å². The third kappa shape index (κ3) is 3.15. The van der Waals surface area contributed by atoms with Crippen molar-refractivity contribution in [3.05, 3.63) is 17.5 Å². The molecular formula is C14H25ClN4O. The Hall–Kier alpha value is -1.07. The van der Waals surface area contributed by atoms with Crippen molar-refractivity contribution in [3.63, 3.8) is 0 Å². The van der Waals surface area contributed by atoms with Crippen LogP contribution >= 0.6 is 12.4 Å². The average Bonchev–Trinajstić information content (AvgIpc) is 2.92. The fourth-order valence-electron chi connectivity index (χ4n) is 2.71. The maximum atomic E-state index is 12.6. The molecule has 0 saturated carbocycles. The van der Waals surface area contributed by atoms with E-state index in [1.54, 1.807) is 4.68 Å². The molecule has 2 unspecified atom stereocenters. The van der Waals surface area contributed by atoms with Gasteiger partial charge < -0.3 is 10.6 Å². The van der Waals surface area contributed by atoms with E-state index in [4.69, 9.17) is 5.73 Å². The van der Waals surface area contributed by atoms with Gasteiger partial charge in [0.25, 0.3) is 5.91 Å². The number of aromatic nitrogens is 2. The molecule has 0 aromatic carbocycles. The van der Waals surface area contributed by atoms with Crippen molar-refractivity contribution >= 4 is 18.3 Å². The molecule has 2 heterocycles. The maximum Gasteiger partial charge on any atom is 0.272 e. The van der Waals surface area contributed by atoms with Crippen LogP contribution in [0.2, 0.25) is 0 Å². The molecule has 6 heteroatoms. The molecule has 0 spiro atoms. The highest BCUT2D eigenvalue weighted by atomic mass is 35.5. The minimum Gasteiger partial charge on any atom is -0.334 e. The summed E-state index contributed by atoms with van der Waals surface area (Å²) in [5, 5.41) is 4.41. The average molecular weight is 301 g/mol. The lowest BCUT2D eigenvalue weighted by Gasteiger charge is -2.21. The van der Waals surface area contributed by atoms with Crippen molar-refractivity contribution in [1.82, 2.24) is 14.7 Å². The van der Waals surface area contributed by atoms with Gasteiger partial charge in [0.2, 0.25) is 0 Å². The monoisotopic (exact) mass is 300 g/mol. The molecule has 114 valence electrons. The van der Waals surface area contributed by atoms with Crippen LogP contribution in [0.5, 0.6) is 0 Å². The standard InChI is InChI=1S/C14H24N4O.ClH/c1-9(2)12-6-13(17(4)16-12)14(19)18-8-11(7-15)5-10(18)3;/h6,9-11H,5,7-8,15H2,1-4H3;1H. The summed E-state index contributed by atoms with van der Waals surface area (Å²) >= 11 is 0. The summed E-state index contributed by atoms with van der Waals surface area (Å²) in [7, 11) is 1.83. The number of carbonyl (C=O) groups excluding carboxylic acids is 1. The van der Waals surface area contributed by atoms with Crippen LogP contribution in [0.15, 0.2) is 6.07 Å². The first-order chi connectivity index (χ1) is 8.93. The number of likely N-dealkylation sites (tertiary alicyclic amines) is 1. The van der Waals surface area contributed by atoms with E-state index in [0.29, 0.717) is 24.1 Å². The van der Waals surface area contributed by atoms with Crippen LogP contribution < -0.4 is 5.73 Å². The summed E-state index contributed by atoms with van der Waals surface area (Å²) in [4.78, 5) is 14.5. The first kappa shape index (κ1) is 17.0. The van der Waals surface area contributed by atoms with Gasteiger partial charge in [-0.15, -0.1) is 12.4 Å². The minimum absolute atomic E-state index is 0. The van der Waals surface area contributed by atoms with Crippen LogP contribution in [-0.4, -0.2) is 39.7 Å². The number of hydrogen-bond acceptors (Lipinski definition) is 3. The van der Waals surface area contributed by atoms with Crippen LogP contribution in [0.1, 0.15) is 49.3 Å². The Morgan fingerprint density at radius 3 is 2.65 bits per heavy atom. The summed E-state index contributed by atoms with van der Waals surface area (Å²) < 4.78 is 1.69. The summed E-state index contributed by atoms with van der Waals surface area (Å²) in [6, 6.07) is 2.17. The van der Waals surface area contributed by atoms with Gasteiger partial charge in [-0.1, -0.05) is 13.8 Å². The Kier molecular flexibility index (Phi) is 5.59. The zero-order chi connectivity index (χ0) is 14.2. The zero-order valence-corrected chi connectivity index (χ0v) is 13.5. The second-order valence-corrected chi connectivity index (χ2v) is 5.88. The van der Waals surface area contributed by atoms with E-state index < -0.39 is 0 Å². The molecule has 2 atom stereocenters. The van der Waals surface area contributed by atoms with Crippen molar-refractivity contribution in [2.24, 2.45) is 18.7 Å². The third-order valence-electron chi connectivity index (χ3n) is 3.96. The molecule has 1 saturated heterocycles. The van der Waals surface area contributed by atoms with Crippen LogP contribution in [0, 0.1) is 5.92 Å². The molecule has 0 radical (unpaired) electrons. The fourth-order valence-corrected chi connectivity index (χ4v) is 2.71. The highest BCUT2D eigenvalue weighted by Gasteiger charge is 2.33. The lowest BCUT2D eigenvalue weighted by molar-refractivity contribution is 0.0732. The lowest BCUT2D eigenvalue weighted by atomic mass is 10.1. The topological polar surface area (TPSA) is 64.2 Å². The Labute approximate surface area is 126 Å². The number of nitrogens with zero attached hydrogens (tertiary/aromatic N) is 3. The molecule has 0 bridgehead atoms. The van der Waals surface area contributed by atoms with E-state index in [0.717, 1.165) is 18.7 Å². The molecule has 2 rings (SSSR count). The van der Waals surface area contributed by atoms with E-state index in [1.807, 2.05) is 18.0 Å². The highest BCUT2D eigenvalue weighted by molar-refractivity contribution is 5.93. The van der Waals surface area contributed by atoms with Gasteiger partial charge in [0.15, 0.2) is 0 Å². The Morgan fingerprint density at radius 1 is 1.55 bits per heavy atom. The summed E-state index contributed by atoms with van der Waals surface area (Å²) in [6.45, 7) is 7.67. The molecule has 1 fully saturated rings. The van der Waals surface area contributed by atoms with Crippen molar-refractivity contribution in [2.75, 3.05) is 13.1 Å². The number of rotatable bonds is 3. The van der Waals surface area contributed by atoms with Crippen molar-refractivity contribution in [2.45, 2.75) is 39.2 Å². The minimum atomic E-state index is 0. The molecule has 1 aromatic heterocycles. The lowest BCUT2D eigenvalue weighted by Crippen LogP contribution is -2.35. The SMILES string of the molecule is CC(C)c1cc(C(=O)N2CC(CN)CC2C)n(C)n1.Cl. The van der Waals surface area contributed by atoms with Gasteiger partial charge in [-0.3, -0.25) is 9.48 Å². The second kappa shape index (κ2) is 6.59. The molecule has 1 aliphatic rings. The van der Waals surface area contributed by atoms with Crippen molar-refractivity contribution < 1.29 is 4.79 Å². The predicted molar refractivity (Wildman–Crippen MR) is 82.2 cm³/mol. The van der Waals surface area contributed by atoms with Crippen LogP contribution in [0.25, 0.3) is 0 Å². The normalized spacial score (nSPS) is 22.2. The third-order valence-corrected chi connectivity index (χ3v) is 3.96. The van der Waals surface area contributed by atoms with E-state index >= 15 is 0 Å². The second-order valence-electron chi connectivity index (χ2n) is 5.88. The molecule has 5 nitrogen and oxygen atoms in total. The molecule has 0 aliphatic carbocycles. The van der Waals surface area contributed by atoms with Gasteiger partial charge in [0, 0.05) is 19.6 Å². The van der Waals surface area contributed by atoms with Gasteiger partial charge in [0.1, 0.15) is 5.69 Å². The Balaban J connectivity index is 0.00000200. The van der Waals surface area contributed by atoms with E-state index in [1.165, 1.54) is 0 Å². The molecular weight excluding hydrogens is 276 g/mol. The van der Waals surface area contributed by atoms with Crippen LogP contribution in [0.3, 0.4) is 0 Å². The number of hydrogen-bond donors (Lipinski definition) is 1. The number of halogens is 1. The molecule has 20 heavy (non-hydrogen) atoms. The van der Waals surface area contributed by atoms with Gasteiger partial charge in [-0.05, 0) is 37.8 Å². The first-order valence-electron chi connectivity index (χ1n) is 6.99. The first-order valence-corrected chi connectivity index (χ1v) is 6.99. The van der Waals surface area contributed by atoms with E-state index in [-0.39, 0.29) is 24.4 Å². The van der Waals surface area contributed by atoms with Gasteiger partial charge in [-0.2, -0.15) is 5.10 Å². The summed E-state index contributed by atoms with van der Waals surface area (Å²) in [5.41, 5.74) is 7.36. The molecule has 1 aromatic rings. The zero-order valence-electron chi connectivity index (χ0n) is 12.7. The van der Waals surface area contributed by atoms with Crippen LogP contribution in [0.4, 0.5) is 0 Å². The van der Waals surface area contributed by atoms with Crippen molar-refractivity contribution in [3.8, 4) is 0 Å². The number of nitrogens with two attached hydrogens (primary N) is 1. The van der Waals surface area contributed by atoms with Gasteiger partial charge in [-0.25, -0.2) is 0 Å². The Morgan fingerprint density at radius 2 is 2.20 bits per heavy atom. The molecule has 2 N–H and O–H groups in total. The predicted octanol–water partition coefficient (Wildman–Crippen LogP) is 1.77. The van der Waals surface area contributed by atoms with Gasteiger partial charge in [0.05, 0.1) is 5.69 Å². The van der Waals surface area contributed by atoms with Crippen LogP contribution in [-0.2, 0) is 7.05 Å². The molecule has 1 aliphatic heterocycles. The maximum absolute atomic E-state index is 12.6. The quantitative estimate of drug-likeness (QED) is 0.925. The largest absolute Gasteiger partial charge is 0.334 e. The van der Waals surface area contributed by atoms with E-state index in [9.17, 15) is 4.79 Å². The highest BCUT2D eigenvalue weighted by Crippen LogP contribution is 2.25. The summed E-state index contributed by atoms with van der Waals surface area (Å²) in [6.07, 6.45) is 0.997.